The van der Waals surface area contributed by atoms with Gasteiger partial charge in [-0.05, 0) is 50.6 Å². The molecule has 1 atom stereocenters. The van der Waals surface area contributed by atoms with Gasteiger partial charge in [0.25, 0.3) is 11.5 Å². The highest BCUT2D eigenvalue weighted by Gasteiger charge is 2.28. The van der Waals surface area contributed by atoms with Crippen molar-refractivity contribution >= 4 is 16.8 Å². The second-order valence-electron chi connectivity index (χ2n) is 9.05. The van der Waals surface area contributed by atoms with Crippen LogP contribution in [0.4, 0.5) is 4.39 Å². The van der Waals surface area contributed by atoms with E-state index in [4.69, 9.17) is 0 Å². The molecule has 1 fully saturated rings. The quantitative estimate of drug-likeness (QED) is 0.589. The van der Waals surface area contributed by atoms with Gasteiger partial charge in [-0.3, -0.25) is 24.0 Å². The lowest BCUT2D eigenvalue weighted by Gasteiger charge is -2.39. The van der Waals surface area contributed by atoms with E-state index < -0.39 is 17.1 Å². The Hall–Kier alpha value is -3.52. The summed E-state index contributed by atoms with van der Waals surface area (Å²) in [6.45, 7) is 8.88. The van der Waals surface area contributed by atoms with Crippen LogP contribution in [0.2, 0.25) is 0 Å². The molecule has 7 nitrogen and oxygen atoms in total. The number of rotatable bonds is 5. The highest BCUT2D eigenvalue weighted by Crippen LogP contribution is 2.18. The molecule has 2 heterocycles. The Kier molecular flexibility index (Phi) is 6.79. The van der Waals surface area contributed by atoms with Crippen molar-refractivity contribution in [1.82, 2.24) is 19.4 Å². The smallest absolute Gasteiger partial charge is 0.329 e. The molecule has 0 bridgehead atoms. The Morgan fingerprint density at radius 2 is 1.91 bits per heavy atom. The monoisotopic (exact) mass is 464 g/mol. The van der Waals surface area contributed by atoms with Gasteiger partial charge >= 0.3 is 5.69 Å². The molecular formula is C26H29FN4O3. The molecular weight excluding hydrogens is 435 g/mol. The molecule has 0 radical (unpaired) electrons. The summed E-state index contributed by atoms with van der Waals surface area (Å²) in [6.07, 6.45) is 2.17. The highest BCUT2D eigenvalue weighted by molar-refractivity contribution is 5.94. The summed E-state index contributed by atoms with van der Waals surface area (Å²) in [6, 6.07) is 11.3. The maximum Gasteiger partial charge on any atom is 0.329 e. The van der Waals surface area contributed by atoms with Gasteiger partial charge < -0.3 is 4.90 Å². The van der Waals surface area contributed by atoms with Crippen LogP contribution in [0.1, 0.15) is 36.7 Å². The average Bonchev–Trinajstić information content (AvgIpc) is 2.81. The van der Waals surface area contributed by atoms with Crippen molar-refractivity contribution < 1.29 is 9.18 Å². The molecule has 0 unspecified atom stereocenters. The predicted octanol–water partition coefficient (Wildman–Crippen LogP) is 2.99. The van der Waals surface area contributed by atoms with E-state index in [1.54, 1.807) is 35.2 Å². The van der Waals surface area contributed by atoms with Crippen LogP contribution in [0.15, 0.2) is 63.7 Å². The number of aromatic nitrogens is 2. The van der Waals surface area contributed by atoms with Crippen LogP contribution in [0.5, 0.6) is 0 Å². The number of hydrogen-bond donors (Lipinski definition) is 1. The summed E-state index contributed by atoms with van der Waals surface area (Å²) in [5, 5.41) is 0.389. The second kappa shape index (κ2) is 9.77. The maximum absolute atomic E-state index is 14.7. The SMILES string of the molecule is CC(C)=CCN1CCN(C(=O)c2cc(Cn3c(=O)[nH]c(=O)c4ccccc43)ccc2F)C[C@@H]1C. The van der Waals surface area contributed by atoms with Gasteiger partial charge in [-0.15, -0.1) is 0 Å². The topological polar surface area (TPSA) is 78.4 Å². The minimum atomic E-state index is -0.591. The molecule has 1 aliphatic heterocycles. The van der Waals surface area contributed by atoms with E-state index in [1.165, 1.54) is 22.3 Å². The zero-order valence-corrected chi connectivity index (χ0v) is 19.7. The summed E-state index contributed by atoms with van der Waals surface area (Å²) in [7, 11) is 0. The van der Waals surface area contributed by atoms with Crippen molar-refractivity contribution in [3.63, 3.8) is 0 Å². The standard InChI is InChI=1S/C26H29FN4O3/c1-17(2)10-11-29-12-13-30(15-18(29)3)25(33)21-14-19(8-9-22(21)27)16-31-23-7-5-4-6-20(23)24(32)28-26(31)34/h4-10,14,18H,11-13,15-16H2,1-3H3,(H,28,32,34)/t18-/m0/s1. The third-order valence-electron chi connectivity index (χ3n) is 6.29. The minimum absolute atomic E-state index is 0.00997. The van der Waals surface area contributed by atoms with Gasteiger partial charge in [0, 0.05) is 32.2 Å². The molecule has 1 saturated heterocycles. The molecule has 34 heavy (non-hydrogen) atoms. The fraction of sp³-hybridized carbons (Fsp3) is 0.346. The van der Waals surface area contributed by atoms with Gasteiger partial charge in [-0.2, -0.15) is 0 Å². The minimum Gasteiger partial charge on any atom is -0.336 e. The number of benzene rings is 2. The lowest BCUT2D eigenvalue weighted by Crippen LogP contribution is -2.53. The summed E-state index contributed by atoms with van der Waals surface area (Å²) in [5.74, 6) is -0.946. The Morgan fingerprint density at radius 3 is 2.65 bits per heavy atom. The molecule has 178 valence electrons. The molecule has 0 saturated carbocycles. The first kappa shape index (κ1) is 23.6. The summed E-state index contributed by atoms with van der Waals surface area (Å²) < 4.78 is 16.1. The van der Waals surface area contributed by atoms with Gasteiger partial charge in [0.2, 0.25) is 0 Å². The molecule has 1 aromatic heterocycles. The van der Waals surface area contributed by atoms with Crippen molar-refractivity contribution in [1.29, 1.82) is 0 Å². The van der Waals surface area contributed by atoms with E-state index in [2.05, 4.69) is 36.7 Å². The third-order valence-corrected chi connectivity index (χ3v) is 6.29. The van der Waals surface area contributed by atoms with Gasteiger partial charge in [0.05, 0.1) is 23.0 Å². The molecule has 1 amide bonds. The number of piperazine rings is 1. The number of amides is 1. The van der Waals surface area contributed by atoms with E-state index >= 15 is 0 Å². The molecule has 1 aliphatic rings. The van der Waals surface area contributed by atoms with E-state index in [-0.39, 0.29) is 24.1 Å². The number of carbonyl (C=O) groups excluding carboxylic acids is 1. The van der Waals surface area contributed by atoms with Gasteiger partial charge in [-0.25, -0.2) is 9.18 Å². The number of aromatic amines is 1. The molecule has 0 aliphatic carbocycles. The lowest BCUT2D eigenvalue weighted by atomic mass is 10.1. The fourth-order valence-corrected chi connectivity index (χ4v) is 4.34. The first-order valence-corrected chi connectivity index (χ1v) is 11.4. The number of carbonyl (C=O) groups is 1. The van der Waals surface area contributed by atoms with Crippen LogP contribution >= 0.6 is 0 Å². The number of allylic oxidation sites excluding steroid dienone is 1. The molecule has 4 rings (SSSR count). The van der Waals surface area contributed by atoms with Gasteiger partial charge in [-0.1, -0.05) is 29.8 Å². The summed E-state index contributed by atoms with van der Waals surface area (Å²) >= 11 is 0. The van der Waals surface area contributed by atoms with Crippen LogP contribution in [0.3, 0.4) is 0 Å². The number of H-pyrrole nitrogens is 1. The normalized spacial score (nSPS) is 16.6. The summed E-state index contributed by atoms with van der Waals surface area (Å²) in [5.41, 5.74) is 1.31. The second-order valence-corrected chi connectivity index (χ2v) is 9.05. The first-order chi connectivity index (χ1) is 16.2. The zero-order chi connectivity index (χ0) is 24.4. The van der Waals surface area contributed by atoms with Crippen molar-refractivity contribution in [3.05, 3.63) is 91.9 Å². The van der Waals surface area contributed by atoms with E-state index in [9.17, 15) is 18.8 Å². The largest absolute Gasteiger partial charge is 0.336 e. The summed E-state index contributed by atoms with van der Waals surface area (Å²) in [4.78, 5) is 44.1. The predicted molar refractivity (Wildman–Crippen MR) is 131 cm³/mol. The molecule has 2 aromatic carbocycles. The molecule has 0 spiro atoms. The number of hydrogen-bond acceptors (Lipinski definition) is 4. The number of nitrogens with one attached hydrogen (secondary N) is 1. The van der Waals surface area contributed by atoms with Crippen molar-refractivity contribution in [3.8, 4) is 0 Å². The fourth-order valence-electron chi connectivity index (χ4n) is 4.34. The number of halogens is 1. The van der Waals surface area contributed by atoms with E-state index in [1.807, 2.05) is 0 Å². The van der Waals surface area contributed by atoms with Crippen LogP contribution < -0.4 is 11.2 Å². The Balaban J connectivity index is 1.58. The molecule has 1 N–H and O–H groups in total. The van der Waals surface area contributed by atoms with Crippen molar-refractivity contribution in [2.24, 2.45) is 0 Å². The third kappa shape index (κ3) is 4.87. The lowest BCUT2D eigenvalue weighted by molar-refractivity contribution is 0.0538. The van der Waals surface area contributed by atoms with E-state index in [0.717, 1.165) is 13.1 Å². The van der Waals surface area contributed by atoms with Gasteiger partial charge in [0.1, 0.15) is 5.82 Å². The Morgan fingerprint density at radius 1 is 1.15 bits per heavy atom. The molecule has 3 aromatic rings. The first-order valence-electron chi connectivity index (χ1n) is 11.4. The number of para-hydroxylation sites is 1. The zero-order valence-electron chi connectivity index (χ0n) is 19.7. The van der Waals surface area contributed by atoms with Crippen molar-refractivity contribution in [2.45, 2.75) is 33.4 Å². The Labute approximate surface area is 197 Å². The Bertz CT molecular complexity index is 1370. The maximum atomic E-state index is 14.7. The van der Waals surface area contributed by atoms with Crippen molar-refractivity contribution in [2.75, 3.05) is 26.2 Å². The van der Waals surface area contributed by atoms with Gasteiger partial charge in [0.15, 0.2) is 0 Å². The van der Waals surface area contributed by atoms with Crippen LogP contribution in [-0.2, 0) is 6.54 Å². The van der Waals surface area contributed by atoms with E-state index in [0.29, 0.717) is 29.6 Å². The van der Waals surface area contributed by atoms with Crippen LogP contribution in [0.25, 0.3) is 10.9 Å². The van der Waals surface area contributed by atoms with Crippen LogP contribution in [0, 0.1) is 5.82 Å². The number of fused-ring (bicyclic) bond motifs is 1. The van der Waals surface area contributed by atoms with Crippen LogP contribution in [-0.4, -0.2) is 57.5 Å². The number of nitrogens with zero attached hydrogens (tertiary/aromatic N) is 3. The highest BCUT2D eigenvalue weighted by atomic mass is 19.1. The average molecular weight is 465 g/mol. The molecule has 8 heteroatoms.